The summed E-state index contributed by atoms with van der Waals surface area (Å²) < 4.78 is 1.89. The summed E-state index contributed by atoms with van der Waals surface area (Å²) in [5.41, 5.74) is 1.13. The van der Waals surface area contributed by atoms with Gasteiger partial charge in [-0.05, 0) is 19.1 Å². The van der Waals surface area contributed by atoms with Crippen LogP contribution < -0.4 is 10.2 Å². The molecule has 1 atom stereocenters. The van der Waals surface area contributed by atoms with Crippen molar-refractivity contribution in [3.63, 3.8) is 0 Å². The van der Waals surface area contributed by atoms with Gasteiger partial charge in [-0.1, -0.05) is 38.2 Å². The van der Waals surface area contributed by atoms with Gasteiger partial charge in [0.05, 0.1) is 11.9 Å². The lowest BCUT2D eigenvalue weighted by atomic mass is 9.93. The Morgan fingerprint density at radius 3 is 2.61 bits per heavy atom. The van der Waals surface area contributed by atoms with E-state index < -0.39 is 0 Å². The maximum atomic E-state index is 4.72. The standard InChI is InChI=1S/C20H29N7S/c1-15(13-25-9-11-26(12-10-25)17-7-5-6-8-21-17)22-18-24-27-14-16(20(2,3)4)23-19(27)28-18/h5-8,14-15H,9-13H2,1-4H3,(H,22,24). The minimum atomic E-state index is 0.0473. The van der Waals surface area contributed by atoms with Crippen LogP contribution in [0.2, 0.25) is 0 Å². The van der Waals surface area contributed by atoms with Gasteiger partial charge in [0.1, 0.15) is 5.82 Å². The molecule has 1 unspecified atom stereocenters. The predicted molar refractivity (Wildman–Crippen MR) is 116 cm³/mol. The maximum absolute atomic E-state index is 4.72. The summed E-state index contributed by atoms with van der Waals surface area (Å²) >= 11 is 1.62. The highest BCUT2D eigenvalue weighted by Gasteiger charge is 2.21. The van der Waals surface area contributed by atoms with E-state index in [0.717, 1.165) is 54.3 Å². The number of imidazole rings is 1. The van der Waals surface area contributed by atoms with Crippen LogP contribution in [0.3, 0.4) is 0 Å². The molecule has 0 amide bonds. The minimum absolute atomic E-state index is 0.0473. The summed E-state index contributed by atoms with van der Waals surface area (Å²) in [6.07, 6.45) is 3.90. The number of aromatic nitrogens is 4. The minimum Gasteiger partial charge on any atom is -0.356 e. The average molecular weight is 400 g/mol. The van der Waals surface area contributed by atoms with Gasteiger partial charge in [0.2, 0.25) is 10.1 Å². The van der Waals surface area contributed by atoms with Gasteiger partial charge in [0.25, 0.3) is 0 Å². The van der Waals surface area contributed by atoms with Gasteiger partial charge in [0, 0.05) is 50.4 Å². The van der Waals surface area contributed by atoms with E-state index in [-0.39, 0.29) is 5.41 Å². The summed E-state index contributed by atoms with van der Waals surface area (Å²) in [5.74, 6) is 1.08. The third kappa shape index (κ3) is 4.28. The SMILES string of the molecule is CC(CN1CCN(c2ccccn2)CC1)Nc1nn2cc(C(C)(C)C)nc2s1. The van der Waals surface area contributed by atoms with E-state index >= 15 is 0 Å². The highest BCUT2D eigenvalue weighted by molar-refractivity contribution is 7.20. The Kier molecular flexibility index (Phi) is 5.25. The fourth-order valence-corrected chi connectivity index (χ4v) is 4.36. The van der Waals surface area contributed by atoms with Gasteiger partial charge in [-0.15, -0.1) is 5.10 Å². The molecule has 28 heavy (non-hydrogen) atoms. The Hall–Kier alpha value is -2.19. The monoisotopic (exact) mass is 399 g/mol. The molecule has 1 aliphatic heterocycles. The largest absolute Gasteiger partial charge is 0.356 e. The number of rotatable bonds is 5. The first-order valence-electron chi connectivity index (χ1n) is 9.90. The molecule has 150 valence electrons. The normalized spacial score (nSPS) is 17.2. The van der Waals surface area contributed by atoms with E-state index in [1.165, 1.54) is 0 Å². The second-order valence-electron chi connectivity index (χ2n) is 8.53. The smallest absolute Gasteiger partial charge is 0.214 e. The lowest BCUT2D eigenvalue weighted by Gasteiger charge is -2.36. The van der Waals surface area contributed by atoms with Crippen molar-refractivity contribution in [2.75, 3.05) is 42.9 Å². The Morgan fingerprint density at radius 2 is 1.96 bits per heavy atom. The van der Waals surface area contributed by atoms with Crippen LogP contribution in [0, 0.1) is 0 Å². The summed E-state index contributed by atoms with van der Waals surface area (Å²) in [5, 5.41) is 9.14. The molecule has 8 heteroatoms. The van der Waals surface area contributed by atoms with Gasteiger partial charge in [-0.25, -0.2) is 14.5 Å². The van der Waals surface area contributed by atoms with Gasteiger partial charge >= 0.3 is 0 Å². The molecule has 1 fully saturated rings. The maximum Gasteiger partial charge on any atom is 0.214 e. The average Bonchev–Trinajstić information content (AvgIpc) is 3.21. The number of anilines is 2. The molecule has 7 nitrogen and oxygen atoms in total. The highest BCUT2D eigenvalue weighted by Crippen LogP contribution is 2.26. The molecule has 3 aromatic rings. The van der Waals surface area contributed by atoms with E-state index in [4.69, 9.17) is 4.98 Å². The fraction of sp³-hybridized carbons (Fsp3) is 0.550. The Bertz CT molecular complexity index is 872. The fourth-order valence-electron chi connectivity index (χ4n) is 3.46. The van der Waals surface area contributed by atoms with Crippen LogP contribution in [0.15, 0.2) is 30.6 Å². The molecular weight excluding hydrogens is 370 g/mol. The van der Waals surface area contributed by atoms with Crippen molar-refractivity contribution in [2.45, 2.75) is 39.2 Å². The molecule has 0 aliphatic carbocycles. The number of nitrogens with one attached hydrogen (secondary N) is 1. The number of piperazine rings is 1. The molecule has 1 aliphatic rings. The van der Waals surface area contributed by atoms with Crippen LogP contribution in [-0.4, -0.2) is 63.2 Å². The first kappa shape index (κ1) is 19.1. The molecular formula is C20H29N7S. The number of nitrogens with zero attached hydrogens (tertiary/aromatic N) is 6. The van der Waals surface area contributed by atoms with Crippen LogP contribution in [0.5, 0.6) is 0 Å². The zero-order valence-electron chi connectivity index (χ0n) is 17.1. The summed E-state index contributed by atoms with van der Waals surface area (Å²) in [6.45, 7) is 13.9. The van der Waals surface area contributed by atoms with E-state index in [1.807, 2.05) is 23.0 Å². The van der Waals surface area contributed by atoms with Crippen LogP contribution in [-0.2, 0) is 5.41 Å². The quantitative estimate of drug-likeness (QED) is 0.711. The number of hydrogen-bond donors (Lipinski definition) is 1. The molecule has 4 rings (SSSR count). The predicted octanol–water partition coefficient (Wildman–Crippen LogP) is 3.11. The number of hydrogen-bond acceptors (Lipinski definition) is 7. The first-order chi connectivity index (χ1) is 13.4. The zero-order valence-corrected chi connectivity index (χ0v) is 17.9. The third-order valence-corrected chi connectivity index (χ3v) is 5.91. The third-order valence-electron chi connectivity index (χ3n) is 5.06. The Morgan fingerprint density at radius 1 is 1.18 bits per heavy atom. The van der Waals surface area contributed by atoms with Crippen molar-refractivity contribution in [2.24, 2.45) is 0 Å². The van der Waals surface area contributed by atoms with Crippen LogP contribution >= 0.6 is 11.3 Å². The van der Waals surface area contributed by atoms with Crippen LogP contribution in [0.25, 0.3) is 4.96 Å². The van der Waals surface area contributed by atoms with Crippen molar-refractivity contribution in [3.05, 3.63) is 36.3 Å². The van der Waals surface area contributed by atoms with Crippen molar-refractivity contribution in [3.8, 4) is 0 Å². The highest BCUT2D eigenvalue weighted by atomic mass is 32.1. The van der Waals surface area contributed by atoms with E-state index in [1.54, 1.807) is 11.3 Å². The molecule has 0 aromatic carbocycles. The summed E-state index contributed by atoms with van der Waals surface area (Å²) in [6, 6.07) is 6.44. The lowest BCUT2D eigenvalue weighted by Crippen LogP contribution is -2.49. The van der Waals surface area contributed by atoms with Crippen LogP contribution in [0.4, 0.5) is 10.9 Å². The molecule has 3 aromatic heterocycles. The lowest BCUT2D eigenvalue weighted by molar-refractivity contribution is 0.250. The van der Waals surface area contributed by atoms with E-state index in [2.05, 4.69) is 65.0 Å². The Balaban J connectivity index is 1.29. The van der Waals surface area contributed by atoms with Crippen molar-refractivity contribution >= 4 is 27.2 Å². The summed E-state index contributed by atoms with van der Waals surface area (Å²) in [4.78, 5) is 15.0. The van der Waals surface area contributed by atoms with Gasteiger partial charge in [0.15, 0.2) is 0 Å². The molecule has 0 bridgehead atoms. The second-order valence-corrected chi connectivity index (χ2v) is 9.49. The molecule has 0 spiro atoms. The van der Waals surface area contributed by atoms with Gasteiger partial charge in [-0.2, -0.15) is 0 Å². The topological polar surface area (TPSA) is 61.6 Å². The number of fused-ring (bicyclic) bond motifs is 1. The van der Waals surface area contributed by atoms with Crippen molar-refractivity contribution in [1.29, 1.82) is 0 Å². The van der Waals surface area contributed by atoms with E-state index in [9.17, 15) is 0 Å². The van der Waals surface area contributed by atoms with Crippen LogP contribution in [0.1, 0.15) is 33.4 Å². The molecule has 4 heterocycles. The number of pyridine rings is 1. The molecule has 0 radical (unpaired) electrons. The van der Waals surface area contributed by atoms with Gasteiger partial charge < -0.3 is 10.2 Å². The zero-order chi connectivity index (χ0) is 19.7. The molecule has 1 saturated heterocycles. The molecule has 1 N–H and O–H groups in total. The summed E-state index contributed by atoms with van der Waals surface area (Å²) in [7, 11) is 0. The first-order valence-corrected chi connectivity index (χ1v) is 10.7. The Labute approximate surface area is 170 Å². The van der Waals surface area contributed by atoms with Gasteiger partial charge in [-0.3, -0.25) is 4.90 Å². The van der Waals surface area contributed by atoms with Crippen molar-refractivity contribution in [1.82, 2.24) is 24.5 Å². The van der Waals surface area contributed by atoms with E-state index in [0.29, 0.717) is 6.04 Å². The van der Waals surface area contributed by atoms with Crippen molar-refractivity contribution < 1.29 is 0 Å². The second kappa shape index (κ2) is 7.67. The molecule has 0 saturated carbocycles.